The topological polar surface area (TPSA) is 32.9 Å². The molecule has 0 saturated heterocycles. The highest BCUT2D eigenvalue weighted by Crippen LogP contribution is 2.26. The van der Waals surface area contributed by atoms with Gasteiger partial charge in [-0.3, -0.25) is 4.79 Å². The van der Waals surface area contributed by atoms with E-state index in [-0.39, 0.29) is 10.9 Å². The van der Waals surface area contributed by atoms with Crippen LogP contribution in [0, 0.1) is 5.82 Å². The van der Waals surface area contributed by atoms with Gasteiger partial charge in [-0.15, -0.1) is 0 Å². The highest BCUT2D eigenvalue weighted by atomic mass is 19.4. The number of aromatic nitrogens is 1. The number of carbonyl (C=O) groups is 1. The Bertz CT molecular complexity index is 585. The fourth-order valence-electron chi connectivity index (χ4n) is 1.75. The van der Waals surface area contributed by atoms with E-state index in [0.717, 1.165) is 6.07 Å². The number of nitrogens with one attached hydrogen (secondary N) is 1. The van der Waals surface area contributed by atoms with Crippen molar-refractivity contribution in [1.82, 2.24) is 4.98 Å². The van der Waals surface area contributed by atoms with Crippen LogP contribution in [-0.2, 0) is 0 Å². The standard InChI is InChI=1S/C12H9F4NO/c13-8-2-1-3-9-11(8)7(6-17-9)10(18)4-5-12(14,15)16/h1-3,6,17H,4-5H2. The van der Waals surface area contributed by atoms with Crippen molar-refractivity contribution in [2.75, 3.05) is 0 Å². The molecule has 0 unspecified atom stereocenters. The average Bonchev–Trinajstić information content (AvgIpc) is 2.70. The lowest BCUT2D eigenvalue weighted by Gasteiger charge is -2.04. The predicted octanol–water partition coefficient (Wildman–Crippen LogP) is 3.83. The molecule has 0 atom stereocenters. The number of rotatable bonds is 3. The van der Waals surface area contributed by atoms with E-state index >= 15 is 0 Å². The summed E-state index contributed by atoms with van der Waals surface area (Å²) in [6, 6.07) is 4.17. The van der Waals surface area contributed by atoms with Crippen LogP contribution in [-0.4, -0.2) is 16.9 Å². The predicted molar refractivity (Wildman–Crippen MR) is 57.9 cm³/mol. The van der Waals surface area contributed by atoms with Crippen molar-refractivity contribution in [3.8, 4) is 0 Å². The number of Topliss-reactive ketones (excluding diaryl/α,β-unsaturated/α-hetero) is 1. The fourth-order valence-corrected chi connectivity index (χ4v) is 1.75. The summed E-state index contributed by atoms with van der Waals surface area (Å²) in [5.74, 6) is -1.34. The first kappa shape index (κ1) is 12.6. The first-order valence-electron chi connectivity index (χ1n) is 5.24. The molecule has 0 bridgehead atoms. The third kappa shape index (κ3) is 2.52. The molecule has 0 spiro atoms. The van der Waals surface area contributed by atoms with E-state index in [4.69, 9.17) is 0 Å². The summed E-state index contributed by atoms with van der Waals surface area (Å²) in [5.41, 5.74) is 0.359. The third-order valence-corrected chi connectivity index (χ3v) is 2.59. The largest absolute Gasteiger partial charge is 0.389 e. The number of halogens is 4. The Balaban J connectivity index is 2.29. The van der Waals surface area contributed by atoms with E-state index in [0.29, 0.717) is 5.52 Å². The smallest absolute Gasteiger partial charge is 0.360 e. The lowest BCUT2D eigenvalue weighted by Crippen LogP contribution is -2.10. The molecule has 1 aromatic heterocycles. The Hall–Kier alpha value is -1.85. The first-order chi connectivity index (χ1) is 8.38. The monoisotopic (exact) mass is 259 g/mol. The zero-order valence-electron chi connectivity index (χ0n) is 9.14. The van der Waals surface area contributed by atoms with Crippen molar-refractivity contribution < 1.29 is 22.4 Å². The van der Waals surface area contributed by atoms with Crippen LogP contribution in [0.25, 0.3) is 10.9 Å². The number of carbonyl (C=O) groups excluding carboxylic acids is 1. The highest BCUT2D eigenvalue weighted by molar-refractivity contribution is 6.08. The van der Waals surface area contributed by atoms with Crippen molar-refractivity contribution in [3.05, 3.63) is 35.8 Å². The molecule has 0 aliphatic heterocycles. The number of hydrogen-bond donors (Lipinski definition) is 1. The molecule has 18 heavy (non-hydrogen) atoms. The second-order valence-corrected chi connectivity index (χ2v) is 3.90. The lowest BCUT2D eigenvalue weighted by atomic mass is 10.1. The van der Waals surface area contributed by atoms with Gasteiger partial charge in [-0.1, -0.05) is 6.07 Å². The average molecular weight is 259 g/mol. The maximum Gasteiger partial charge on any atom is 0.389 e. The summed E-state index contributed by atoms with van der Waals surface area (Å²) in [4.78, 5) is 14.3. The van der Waals surface area contributed by atoms with Crippen LogP contribution in [0.15, 0.2) is 24.4 Å². The maximum absolute atomic E-state index is 13.5. The molecule has 0 fully saturated rings. The van der Waals surface area contributed by atoms with E-state index in [1.807, 2.05) is 0 Å². The molecule has 2 nitrogen and oxygen atoms in total. The van der Waals surface area contributed by atoms with E-state index in [9.17, 15) is 22.4 Å². The van der Waals surface area contributed by atoms with E-state index in [1.165, 1.54) is 12.3 Å². The van der Waals surface area contributed by atoms with Crippen LogP contribution in [0.3, 0.4) is 0 Å². The molecule has 0 radical (unpaired) electrons. The van der Waals surface area contributed by atoms with Gasteiger partial charge < -0.3 is 4.98 Å². The highest BCUT2D eigenvalue weighted by Gasteiger charge is 2.28. The molecular weight excluding hydrogens is 250 g/mol. The molecular formula is C12H9F4NO. The zero-order chi connectivity index (χ0) is 13.3. The lowest BCUT2D eigenvalue weighted by molar-refractivity contribution is -0.133. The number of fused-ring (bicyclic) bond motifs is 1. The third-order valence-electron chi connectivity index (χ3n) is 2.59. The van der Waals surface area contributed by atoms with Gasteiger partial charge >= 0.3 is 6.18 Å². The minimum atomic E-state index is -4.39. The van der Waals surface area contributed by atoms with E-state index in [2.05, 4.69) is 4.98 Å². The second kappa shape index (κ2) is 4.44. The molecule has 6 heteroatoms. The van der Waals surface area contributed by atoms with Crippen molar-refractivity contribution in [1.29, 1.82) is 0 Å². The molecule has 1 aromatic carbocycles. The summed E-state index contributed by atoms with van der Waals surface area (Å²) in [6.07, 6.45) is -5.02. The van der Waals surface area contributed by atoms with Gasteiger partial charge in [-0.05, 0) is 12.1 Å². The van der Waals surface area contributed by atoms with Crippen LogP contribution in [0.2, 0.25) is 0 Å². The van der Waals surface area contributed by atoms with Crippen molar-refractivity contribution >= 4 is 16.7 Å². The molecule has 2 rings (SSSR count). The van der Waals surface area contributed by atoms with Gasteiger partial charge in [0.05, 0.1) is 6.42 Å². The zero-order valence-corrected chi connectivity index (χ0v) is 9.14. The number of hydrogen-bond acceptors (Lipinski definition) is 1. The Labute approximate surface area is 99.6 Å². The summed E-state index contributed by atoms with van der Waals surface area (Å²) in [7, 11) is 0. The summed E-state index contributed by atoms with van der Waals surface area (Å²) in [5, 5.41) is 0.0460. The number of benzene rings is 1. The molecule has 96 valence electrons. The van der Waals surface area contributed by atoms with Crippen LogP contribution >= 0.6 is 0 Å². The number of alkyl halides is 3. The molecule has 2 aromatic rings. The summed E-state index contributed by atoms with van der Waals surface area (Å²) >= 11 is 0. The first-order valence-corrected chi connectivity index (χ1v) is 5.24. The maximum atomic E-state index is 13.5. The van der Waals surface area contributed by atoms with Gasteiger partial charge in [0.1, 0.15) is 5.82 Å². The van der Waals surface area contributed by atoms with Gasteiger partial charge in [0.25, 0.3) is 0 Å². The quantitative estimate of drug-likeness (QED) is 0.659. The summed E-state index contributed by atoms with van der Waals surface area (Å²) in [6.45, 7) is 0. The summed E-state index contributed by atoms with van der Waals surface area (Å²) < 4.78 is 49.6. The van der Waals surface area contributed by atoms with E-state index < -0.39 is 30.6 Å². The van der Waals surface area contributed by atoms with Crippen LogP contribution in [0.4, 0.5) is 17.6 Å². The second-order valence-electron chi connectivity index (χ2n) is 3.90. The molecule has 0 amide bonds. The van der Waals surface area contributed by atoms with Gasteiger partial charge in [0.2, 0.25) is 0 Å². The van der Waals surface area contributed by atoms with E-state index in [1.54, 1.807) is 6.07 Å². The Morgan fingerprint density at radius 1 is 1.28 bits per heavy atom. The van der Waals surface area contributed by atoms with Crippen molar-refractivity contribution in [2.45, 2.75) is 19.0 Å². The van der Waals surface area contributed by atoms with Crippen LogP contribution in [0.5, 0.6) is 0 Å². The van der Waals surface area contributed by atoms with Crippen LogP contribution in [0.1, 0.15) is 23.2 Å². The Morgan fingerprint density at radius 3 is 2.67 bits per heavy atom. The number of aromatic amines is 1. The van der Waals surface area contributed by atoms with Gasteiger partial charge in [0, 0.05) is 29.1 Å². The van der Waals surface area contributed by atoms with Gasteiger partial charge in [-0.2, -0.15) is 13.2 Å². The van der Waals surface area contributed by atoms with Gasteiger partial charge in [0.15, 0.2) is 5.78 Å². The number of H-pyrrole nitrogens is 1. The molecule has 0 saturated carbocycles. The minimum absolute atomic E-state index is 0.0349. The van der Waals surface area contributed by atoms with Crippen LogP contribution < -0.4 is 0 Å². The van der Waals surface area contributed by atoms with Gasteiger partial charge in [-0.25, -0.2) is 4.39 Å². The molecule has 1 N–H and O–H groups in total. The van der Waals surface area contributed by atoms with Crippen molar-refractivity contribution in [3.63, 3.8) is 0 Å². The molecule has 1 heterocycles. The SMILES string of the molecule is O=C(CCC(F)(F)F)c1c[nH]c2cccc(F)c12. The van der Waals surface area contributed by atoms with Crippen molar-refractivity contribution in [2.24, 2.45) is 0 Å². The minimum Gasteiger partial charge on any atom is -0.360 e. The normalized spacial score (nSPS) is 12.0. The number of ketones is 1. The molecule has 0 aliphatic carbocycles. The Kier molecular flexibility index (Phi) is 3.11. The fraction of sp³-hybridized carbons (Fsp3) is 0.250. The Morgan fingerprint density at radius 2 is 2.00 bits per heavy atom. The molecule has 0 aliphatic rings.